The lowest BCUT2D eigenvalue weighted by Crippen LogP contribution is -2.43. The highest BCUT2D eigenvalue weighted by molar-refractivity contribution is 6.07. The fraction of sp³-hybridized carbons (Fsp3) is 0.182. The SMILES string of the molecule is Cl.O=C(O)C=Cc1ccc(C=CC(=O)c2ccc(N3CCNCC3)cc2)cc1. The van der Waals surface area contributed by atoms with Crippen LogP contribution in [0.15, 0.2) is 60.7 Å². The molecule has 1 heterocycles. The number of allylic oxidation sites excluding steroid dienone is 1. The van der Waals surface area contributed by atoms with Gasteiger partial charge in [0.2, 0.25) is 0 Å². The largest absolute Gasteiger partial charge is 0.478 e. The van der Waals surface area contributed by atoms with E-state index in [0.29, 0.717) is 5.56 Å². The average molecular weight is 399 g/mol. The molecule has 0 saturated carbocycles. The summed E-state index contributed by atoms with van der Waals surface area (Å²) in [4.78, 5) is 25.2. The number of ketones is 1. The van der Waals surface area contributed by atoms with Gasteiger partial charge in [-0.3, -0.25) is 4.79 Å². The molecule has 0 aliphatic carbocycles. The van der Waals surface area contributed by atoms with Crippen LogP contribution in [0.4, 0.5) is 5.69 Å². The molecule has 2 N–H and O–H groups in total. The molecule has 0 amide bonds. The molecule has 1 aliphatic heterocycles. The first-order valence-electron chi connectivity index (χ1n) is 8.91. The number of carbonyl (C=O) groups excluding carboxylic acids is 1. The predicted octanol–water partition coefficient (Wildman–Crippen LogP) is 3.51. The number of nitrogens with one attached hydrogen (secondary N) is 1. The highest BCUT2D eigenvalue weighted by atomic mass is 35.5. The molecule has 2 aromatic carbocycles. The van der Waals surface area contributed by atoms with Crippen LogP contribution in [0.5, 0.6) is 0 Å². The Bertz CT molecular complexity index is 852. The van der Waals surface area contributed by atoms with Crippen molar-refractivity contribution in [3.05, 3.63) is 77.4 Å². The summed E-state index contributed by atoms with van der Waals surface area (Å²) in [5.41, 5.74) is 3.48. The number of benzene rings is 2. The molecule has 1 fully saturated rings. The van der Waals surface area contributed by atoms with E-state index in [1.807, 2.05) is 48.5 Å². The molecule has 5 nitrogen and oxygen atoms in total. The summed E-state index contributed by atoms with van der Waals surface area (Å²) in [5, 5.41) is 12.0. The van der Waals surface area contributed by atoms with Crippen LogP contribution >= 0.6 is 12.4 Å². The molecule has 0 unspecified atom stereocenters. The van der Waals surface area contributed by atoms with Crippen LogP contribution in [-0.4, -0.2) is 43.0 Å². The van der Waals surface area contributed by atoms with Crippen molar-refractivity contribution in [2.45, 2.75) is 0 Å². The maximum atomic E-state index is 12.4. The van der Waals surface area contributed by atoms with Crippen LogP contribution in [0.25, 0.3) is 12.2 Å². The maximum Gasteiger partial charge on any atom is 0.328 e. The van der Waals surface area contributed by atoms with E-state index in [1.54, 1.807) is 12.2 Å². The Morgan fingerprint density at radius 2 is 1.39 bits per heavy atom. The quantitative estimate of drug-likeness (QED) is 0.575. The molecule has 3 rings (SSSR count). The van der Waals surface area contributed by atoms with Crippen LogP contribution < -0.4 is 10.2 Å². The number of aliphatic carboxylic acids is 1. The van der Waals surface area contributed by atoms with Crippen LogP contribution in [0, 0.1) is 0 Å². The lowest BCUT2D eigenvalue weighted by molar-refractivity contribution is -0.131. The lowest BCUT2D eigenvalue weighted by Gasteiger charge is -2.29. The Labute approximate surface area is 170 Å². The molecule has 0 bridgehead atoms. The highest BCUT2D eigenvalue weighted by Gasteiger charge is 2.10. The molecule has 2 aromatic rings. The number of carboxylic acid groups (broad SMARTS) is 1. The van der Waals surface area contributed by atoms with E-state index in [4.69, 9.17) is 5.11 Å². The van der Waals surface area contributed by atoms with Crippen molar-refractivity contribution in [1.29, 1.82) is 0 Å². The monoisotopic (exact) mass is 398 g/mol. The zero-order valence-corrected chi connectivity index (χ0v) is 16.2. The summed E-state index contributed by atoms with van der Waals surface area (Å²) in [7, 11) is 0. The standard InChI is InChI=1S/C22H22N2O3.ClH/c25-21(11-5-17-1-3-18(4-2-17)6-12-22(26)27)19-7-9-20(10-8-19)24-15-13-23-14-16-24;/h1-12,23H,13-16H2,(H,26,27);1H. The second-order valence-electron chi connectivity index (χ2n) is 6.32. The van der Waals surface area contributed by atoms with Crippen LogP contribution in [0.1, 0.15) is 21.5 Å². The number of nitrogens with zero attached hydrogens (tertiary/aromatic N) is 1. The molecule has 6 heteroatoms. The summed E-state index contributed by atoms with van der Waals surface area (Å²) in [5.74, 6) is -1.02. The fourth-order valence-corrected chi connectivity index (χ4v) is 2.91. The Morgan fingerprint density at radius 1 is 0.857 bits per heavy atom. The Hall–Kier alpha value is -2.89. The van der Waals surface area contributed by atoms with Crippen molar-refractivity contribution in [3.63, 3.8) is 0 Å². The minimum absolute atomic E-state index is 0. The number of carboxylic acids is 1. The van der Waals surface area contributed by atoms with E-state index in [1.165, 1.54) is 6.08 Å². The number of anilines is 1. The van der Waals surface area contributed by atoms with Crippen LogP contribution in [0.3, 0.4) is 0 Å². The number of hydrogen-bond donors (Lipinski definition) is 2. The summed E-state index contributed by atoms with van der Waals surface area (Å²) in [6.07, 6.45) is 5.94. The van der Waals surface area contributed by atoms with Gasteiger partial charge in [-0.15, -0.1) is 12.4 Å². The number of rotatable bonds is 6. The number of carbonyl (C=O) groups is 2. The van der Waals surface area contributed by atoms with E-state index in [0.717, 1.165) is 49.1 Å². The fourth-order valence-electron chi connectivity index (χ4n) is 2.91. The molecular weight excluding hydrogens is 376 g/mol. The first-order valence-corrected chi connectivity index (χ1v) is 8.91. The van der Waals surface area contributed by atoms with Gasteiger partial charge in [-0.05, 0) is 47.5 Å². The third-order valence-corrected chi connectivity index (χ3v) is 4.42. The number of hydrogen-bond acceptors (Lipinski definition) is 4. The minimum atomic E-state index is -0.979. The van der Waals surface area contributed by atoms with Crippen molar-refractivity contribution in [2.24, 2.45) is 0 Å². The van der Waals surface area contributed by atoms with E-state index in [2.05, 4.69) is 10.2 Å². The van der Waals surface area contributed by atoms with Gasteiger partial charge in [-0.25, -0.2) is 4.79 Å². The highest BCUT2D eigenvalue weighted by Crippen LogP contribution is 2.17. The normalized spacial score (nSPS) is 14.2. The van der Waals surface area contributed by atoms with Gasteiger partial charge in [0.1, 0.15) is 0 Å². The summed E-state index contributed by atoms with van der Waals surface area (Å²) in [6.45, 7) is 3.91. The van der Waals surface area contributed by atoms with Crippen LogP contribution in [-0.2, 0) is 4.79 Å². The van der Waals surface area contributed by atoms with E-state index in [-0.39, 0.29) is 18.2 Å². The van der Waals surface area contributed by atoms with Gasteiger partial charge < -0.3 is 15.3 Å². The van der Waals surface area contributed by atoms with E-state index in [9.17, 15) is 9.59 Å². The van der Waals surface area contributed by atoms with Crippen molar-refractivity contribution >= 4 is 42.0 Å². The number of piperazine rings is 1. The van der Waals surface area contributed by atoms with Gasteiger partial charge in [-0.1, -0.05) is 30.3 Å². The zero-order valence-electron chi connectivity index (χ0n) is 15.4. The zero-order chi connectivity index (χ0) is 19.1. The van der Waals surface area contributed by atoms with Crippen molar-refractivity contribution in [1.82, 2.24) is 5.32 Å². The first-order chi connectivity index (χ1) is 13.1. The van der Waals surface area contributed by atoms with Crippen molar-refractivity contribution < 1.29 is 14.7 Å². The van der Waals surface area contributed by atoms with E-state index < -0.39 is 5.97 Å². The molecule has 0 radical (unpaired) electrons. The van der Waals surface area contributed by atoms with Gasteiger partial charge >= 0.3 is 5.97 Å². The second kappa shape index (κ2) is 10.4. The van der Waals surface area contributed by atoms with Gasteiger partial charge in [0.15, 0.2) is 5.78 Å². The third-order valence-electron chi connectivity index (χ3n) is 4.42. The average Bonchev–Trinajstić information content (AvgIpc) is 2.72. The summed E-state index contributed by atoms with van der Waals surface area (Å²) < 4.78 is 0. The van der Waals surface area contributed by atoms with Gasteiger partial charge in [0.25, 0.3) is 0 Å². The van der Waals surface area contributed by atoms with Gasteiger partial charge in [-0.2, -0.15) is 0 Å². The van der Waals surface area contributed by atoms with Gasteiger partial charge in [0, 0.05) is 43.5 Å². The molecule has 28 heavy (non-hydrogen) atoms. The van der Waals surface area contributed by atoms with Crippen LogP contribution in [0.2, 0.25) is 0 Å². The van der Waals surface area contributed by atoms with Crippen molar-refractivity contribution in [2.75, 3.05) is 31.1 Å². The maximum absolute atomic E-state index is 12.4. The Kier molecular flexibility index (Phi) is 7.99. The smallest absolute Gasteiger partial charge is 0.328 e. The Balaban J connectivity index is 0.00000280. The Morgan fingerprint density at radius 3 is 1.93 bits per heavy atom. The molecular formula is C22H23ClN2O3. The predicted molar refractivity (Wildman–Crippen MR) is 115 cm³/mol. The van der Waals surface area contributed by atoms with Gasteiger partial charge in [0.05, 0.1) is 0 Å². The molecule has 0 atom stereocenters. The van der Waals surface area contributed by atoms with Crippen molar-refractivity contribution in [3.8, 4) is 0 Å². The minimum Gasteiger partial charge on any atom is -0.478 e. The summed E-state index contributed by atoms with van der Waals surface area (Å²) in [6, 6.07) is 15.0. The first kappa shape index (κ1) is 21.4. The molecule has 1 aliphatic rings. The molecule has 146 valence electrons. The van der Waals surface area contributed by atoms with E-state index >= 15 is 0 Å². The molecule has 1 saturated heterocycles. The number of halogens is 1. The summed E-state index contributed by atoms with van der Waals surface area (Å²) >= 11 is 0. The topological polar surface area (TPSA) is 69.6 Å². The molecule has 0 spiro atoms. The molecule has 0 aromatic heterocycles. The lowest BCUT2D eigenvalue weighted by atomic mass is 10.1. The third kappa shape index (κ3) is 6.08. The second-order valence-corrected chi connectivity index (χ2v) is 6.32.